The Morgan fingerprint density at radius 2 is 1.85 bits per heavy atom. The van der Waals surface area contributed by atoms with Crippen LogP contribution in [0, 0.1) is 0 Å². The van der Waals surface area contributed by atoms with Crippen LogP contribution in [-0.4, -0.2) is 38.1 Å². The Kier molecular flexibility index (Phi) is 6.99. The highest BCUT2D eigenvalue weighted by Gasteiger charge is 2.09. The number of benzene rings is 2. The molecular weight excluding hydrogens is 334 g/mol. The number of nitrogens with one attached hydrogen (secondary N) is 2. The monoisotopic (exact) mass is 357 g/mol. The zero-order chi connectivity index (χ0) is 18.9. The Morgan fingerprint density at radius 1 is 1.12 bits per heavy atom. The number of hydrogen-bond donors (Lipinski definition) is 3. The Balaban J connectivity index is 1.85. The van der Waals surface area contributed by atoms with E-state index < -0.39 is 0 Å². The van der Waals surface area contributed by atoms with Crippen molar-refractivity contribution in [1.82, 2.24) is 5.32 Å². The van der Waals surface area contributed by atoms with E-state index in [1.165, 1.54) is 0 Å². The second-order valence-electron chi connectivity index (χ2n) is 5.70. The first kappa shape index (κ1) is 19.3. The van der Waals surface area contributed by atoms with Crippen molar-refractivity contribution in [2.24, 2.45) is 5.73 Å². The van der Waals surface area contributed by atoms with E-state index in [-0.39, 0.29) is 24.5 Å². The van der Waals surface area contributed by atoms with Gasteiger partial charge in [0.15, 0.2) is 6.61 Å². The molecule has 2 amide bonds. The Bertz CT molecular complexity index is 747. The molecule has 0 spiro atoms. The number of carbonyl (C=O) groups excluding carboxylic acids is 2. The SMILES string of the molecule is COc1cccc(NC(=O)COc2ccc(C(=O)N[C@@H](C)CN)cc2)c1. The van der Waals surface area contributed by atoms with Gasteiger partial charge in [0.1, 0.15) is 11.5 Å². The number of carbonyl (C=O) groups is 2. The van der Waals surface area contributed by atoms with Crippen molar-refractivity contribution in [3.8, 4) is 11.5 Å². The molecule has 0 saturated carbocycles. The zero-order valence-corrected chi connectivity index (χ0v) is 14.8. The maximum atomic E-state index is 12.0. The van der Waals surface area contributed by atoms with E-state index in [0.717, 1.165) is 0 Å². The highest BCUT2D eigenvalue weighted by Crippen LogP contribution is 2.17. The molecule has 2 aromatic carbocycles. The van der Waals surface area contributed by atoms with Crippen LogP contribution in [0.2, 0.25) is 0 Å². The Hall–Kier alpha value is -3.06. The second kappa shape index (κ2) is 9.43. The van der Waals surface area contributed by atoms with E-state index in [0.29, 0.717) is 29.3 Å². The van der Waals surface area contributed by atoms with Gasteiger partial charge in [-0.05, 0) is 43.3 Å². The molecule has 1 atom stereocenters. The fraction of sp³-hybridized carbons (Fsp3) is 0.263. The maximum Gasteiger partial charge on any atom is 0.262 e. The topological polar surface area (TPSA) is 103 Å². The number of rotatable bonds is 8. The van der Waals surface area contributed by atoms with Crippen molar-refractivity contribution in [2.45, 2.75) is 13.0 Å². The van der Waals surface area contributed by atoms with Crippen molar-refractivity contribution >= 4 is 17.5 Å². The molecular formula is C19H23N3O4. The molecule has 0 aliphatic carbocycles. The molecule has 0 heterocycles. The molecule has 4 N–H and O–H groups in total. The molecule has 0 aliphatic rings. The minimum atomic E-state index is -0.295. The second-order valence-corrected chi connectivity index (χ2v) is 5.70. The van der Waals surface area contributed by atoms with Crippen LogP contribution in [0.3, 0.4) is 0 Å². The van der Waals surface area contributed by atoms with E-state index in [1.807, 2.05) is 6.92 Å². The molecule has 0 saturated heterocycles. The van der Waals surface area contributed by atoms with Gasteiger partial charge in [0.05, 0.1) is 7.11 Å². The molecule has 2 aromatic rings. The average molecular weight is 357 g/mol. The molecule has 0 fully saturated rings. The van der Waals surface area contributed by atoms with Crippen LogP contribution in [0.4, 0.5) is 5.69 Å². The molecule has 26 heavy (non-hydrogen) atoms. The predicted molar refractivity (Wildman–Crippen MR) is 99.5 cm³/mol. The fourth-order valence-electron chi connectivity index (χ4n) is 2.12. The summed E-state index contributed by atoms with van der Waals surface area (Å²) < 4.78 is 10.5. The van der Waals surface area contributed by atoms with Crippen molar-refractivity contribution < 1.29 is 19.1 Å². The Labute approximate surface area is 152 Å². The van der Waals surface area contributed by atoms with Crippen LogP contribution in [0.25, 0.3) is 0 Å². The molecule has 0 aromatic heterocycles. The quantitative estimate of drug-likeness (QED) is 0.668. The normalized spacial score (nSPS) is 11.3. The molecule has 7 nitrogen and oxygen atoms in total. The third kappa shape index (κ3) is 5.78. The van der Waals surface area contributed by atoms with Gasteiger partial charge in [-0.15, -0.1) is 0 Å². The van der Waals surface area contributed by atoms with Crippen LogP contribution in [0.15, 0.2) is 48.5 Å². The first-order chi connectivity index (χ1) is 12.5. The lowest BCUT2D eigenvalue weighted by atomic mass is 10.2. The molecule has 2 rings (SSSR count). The van der Waals surface area contributed by atoms with Gasteiger partial charge in [-0.25, -0.2) is 0 Å². The zero-order valence-electron chi connectivity index (χ0n) is 14.8. The molecule has 0 aliphatic heterocycles. The molecule has 138 valence electrons. The largest absolute Gasteiger partial charge is 0.497 e. The maximum absolute atomic E-state index is 12.0. The van der Waals surface area contributed by atoms with E-state index in [2.05, 4.69) is 10.6 Å². The van der Waals surface area contributed by atoms with Crippen molar-refractivity contribution in [1.29, 1.82) is 0 Å². The van der Waals surface area contributed by atoms with Crippen LogP contribution in [0.1, 0.15) is 17.3 Å². The minimum absolute atomic E-state index is 0.0984. The molecule has 0 radical (unpaired) electrons. The third-order valence-corrected chi connectivity index (χ3v) is 3.57. The lowest BCUT2D eigenvalue weighted by Crippen LogP contribution is -2.37. The van der Waals surface area contributed by atoms with Gasteiger partial charge in [-0.1, -0.05) is 6.07 Å². The van der Waals surface area contributed by atoms with Crippen molar-refractivity contribution in [2.75, 3.05) is 25.6 Å². The summed E-state index contributed by atoms with van der Waals surface area (Å²) in [7, 11) is 1.56. The van der Waals surface area contributed by atoms with Crippen LogP contribution >= 0.6 is 0 Å². The first-order valence-electron chi connectivity index (χ1n) is 8.19. The van der Waals surface area contributed by atoms with E-state index >= 15 is 0 Å². The van der Waals surface area contributed by atoms with Crippen molar-refractivity contribution in [3.05, 3.63) is 54.1 Å². The minimum Gasteiger partial charge on any atom is -0.497 e. The summed E-state index contributed by atoms with van der Waals surface area (Å²) in [6.07, 6.45) is 0. The van der Waals surface area contributed by atoms with Gasteiger partial charge in [0.25, 0.3) is 11.8 Å². The summed E-state index contributed by atoms with van der Waals surface area (Å²) in [4.78, 5) is 23.9. The number of nitrogens with two attached hydrogens (primary N) is 1. The number of anilines is 1. The van der Waals surface area contributed by atoms with Gasteiger partial charge < -0.3 is 25.8 Å². The van der Waals surface area contributed by atoms with Crippen LogP contribution in [-0.2, 0) is 4.79 Å². The van der Waals surface area contributed by atoms with Gasteiger partial charge in [-0.3, -0.25) is 9.59 Å². The summed E-state index contributed by atoms with van der Waals surface area (Å²) in [5.41, 5.74) is 6.60. The molecule has 0 bridgehead atoms. The first-order valence-corrected chi connectivity index (χ1v) is 8.19. The van der Waals surface area contributed by atoms with Gasteiger partial charge in [0, 0.05) is 29.9 Å². The summed E-state index contributed by atoms with van der Waals surface area (Å²) in [6.45, 7) is 2.05. The van der Waals surface area contributed by atoms with E-state index in [9.17, 15) is 9.59 Å². The summed E-state index contributed by atoms with van der Waals surface area (Å²) in [5.74, 6) is 0.651. The Morgan fingerprint density at radius 3 is 2.50 bits per heavy atom. The highest BCUT2D eigenvalue weighted by molar-refractivity contribution is 5.94. The average Bonchev–Trinajstić information content (AvgIpc) is 2.66. The third-order valence-electron chi connectivity index (χ3n) is 3.57. The summed E-state index contributed by atoms with van der Waals surface area (Å²) >= 11 is 0. The van der Waals surface area contributed by atoms with E-state index in [4.69, 9.17) is 15.2 Å². The van der Waals surface area contributed by atoms with Gasteiger partial charge >= 0.3 is 0 Å². The number of amides is 2. The van der Waals surface area contributed by atoms with Crippen LogP contribution < -0.4 is 25.8 Å². The molecule has 0 unspecified atom stereocenters. The number of methoxy groups -OCH3 is 1. The standard InChI is InChI=1S/C19H23N3O4/c1-13(11-20)21-19(24)14-6-8-16(9-7-14)26-12-18(23)22-15-4-3-5-17(10-15)25-2/h3-10,13H,11-12,20H2,1-2H3,(H,21,24)(H,22,23)/t13-/m0/s1. The van der Waals surface area contributed by atoms with Gasteiger partial charge in [0.2, 0.25) is 0 Å². The van der Waals surface area contributed by atoms with Crippen LogP contribution in [0.5, 0.6) is 11.5 Å². The highest BCUT2D eigenvalue weighted by atomic mass is 16.5. The smallest absolute Gasteiger partial charge is 0.262 e. The predicted octanol–water partition coefficient (Wildman–Crippen LogP) is 1.79. The van der Waals surface area contributed by atoms with E-state index in [1.54, 1.807) is 55.6 Å². The summed E-state index contributed by atoms with van der Waals surface area (Å²) in [5, 5.41) is 5.50. The van der Waals surface area contributed by atoms with Gasteiger partial charge in [-0.2, -0.15) is 0 Å². The lowest BCUT2D eigenvalue weighted by Gasteiger charge is -2.12. The number of hydrogen-bond acceptors (Lipinski definition) is 5. The van der Waals surface area contributed by atoms with Crippen molar-refractivity contribution in [3.63, 3.8) is 0 Å². The fourth-order valence-corrected chi connectivity index (χ4v) is 2.12. The summed E-state index contributed by atoms with van der Waals surface area (Å²) in [6, 6.07) is 13.5. The molecule has 7 heteroatoms. The number of ether oxygens (including phenoxy) is 2. The lowest BCUT2D eigenvalue weighted by molar-refractivity contribution is -0.118.